The van der Waals surface area contributed by atoms with Gasteiger partial charge in [0.2, 0.25) is 0 Å². The first-order valence-corrected chi connectivity index (χ1v) is 8.25. The Balaban J connectivity index is 1.80. The number of nitrogens with zero attached hydrogens (tertiary/aromatic N) is 2. The monoisotopic (exact) mass is 338 g/mol. The summed E-state index contributed by atoms with van der Waals surface area (Å²) < 4.78 is 3.47. The van der Waals surface area contributed by atoms with Gasteiger partial charge in [-0.2, -0.15) is 0 Å². The fourth-order valence-corrected chi connectivity index (χ4v) is 3.84. The number of hydrogen-bond donors (Lipinski definition) is 0. The molecule has 0 bridgehead atoms. The zero-order valence-electron chi connectivity index (χ0n) is 10.7. The van der Waals surface area contributed by atoms with E-state index in [1.807, 2.05) is 6.07 Å². The van der Waals surface area contributed by atoms with E-state index in [2.05, 4.69) is 37.6 Å². The molecule has 0 saturated heterocycles. The van der Waals surface area contributed by atoms with Crippen molar-refractivity contribution >= 4 is 38.6 Å². The Labute approximate surface area is 126 Å². The van der Waals surface area contributed by atoms with Gasteiger partial charge in [-0.25, -0.2) is 4.98 Å². The largest absolute Gasteiger partial charge is 0.326 e. The number of alkyl halides is 1. The Morgan fingerprint density at radius 1 is 1.37 bits per heavy atom. The quantitative estimate of drug-likeness (QED) is 0.736. The van der Waals surface area contributed by atoms with Crippen molar-refractivity contribution in [2.45, 2.75) is 38.1 Å². The third-order valence-electron chi connectivity index (χ3n) is 4.72. The zero-order valence-corrected chi connectivity index (χ0v) is 13.0. The number of hydrogen-bond acceptors (Lipinski definition) is 1. The maximum Gasteiger partial charge on any atom is 0.124 e. The molecule has 2 nitrogen and oxygen atoms in total. The molecule has 100 valence electrons. The predicted molar refractivity (Wildman–Crippen MR) is 81.4 cm³/mol. The first-order chi connectivity index (χ1) is 9.22. The van der Waals surface area contributed by atoms with Crippen molar-refractivity contribution in [3.63, 3.8) is 0 Å². The van der Waals surface area contributed by atoms with E-state index in [0.29, 0.717) is 11.3 Å². The van der Waals surface area contributed by atoms with Crippen molar-refractivity contribution in [3.8, 4) is 0 Å². The van der Waals surface area contributed by atoms with E-state index in [1.54, 1.807) is 0 Å². The normalized spacial score (nSPS) is 20.9. The molecule has 2 aliphatic carbocycles. The van der Waals surface area contributed by atoms with Gasteiger partial charge in [-0.05, 0) is 55.2 Å². The number of benzene rings is 1. The summed E-state index contributed by atoms with van der Waals surface area (Å²) in [5.41, 5.74) is 2.85. The van der Waals surface area contributed by atoms with Gasteiger partial charge in [0.05, 0.1) is 16.9 Å². The minimum Gasteiger partial charge on any atom is -0.326 e. The van der Waals surface area contributed by atoms with E-state index in [4.69, 9.17) is 11.6 Å². The summed E-state index contributed by atoms with van der Waals surface area (Å²) in [4.78, 5) is 4.67. The molecule has 4 rings (SSSR count). The van der Waals surface area contributed by atoms with Crippen LogP contribution < -0.4 is 0 Å². The SMILES string of the molecule is ClCc1nc2ccc(Br)cc2n1CC1(C2CC2)CC1. The smallest absolute Gasteiger partial charge is 0.124 e. The summed E-state index contributed by atoms with van der Waals surface area (Å²) >= 11 is 9.65. The Morgan fingerprint density at radius 2 is 2.16 bits per heavy atom. The van der Waals surface area contributed by atoms with E-state index < -0.39 is 0 Å². The van der Waals surface area contributed by atoms with Crippen molar-refractivity contribution in [3.05, 3.63) is 28.5 Å². The van der Waals surface area contributed by atoms with Gasteiger partial charge >= 0.3 is 0 Å². The molecular weight excluding hydrogens is 324 g/mol. The van der Waals surface area contributed by atoms with Crippen LogP contribution in [-0.2, 0) is 12.4 Å². The summed E-state index contributed by atoms with van der Waals surface area (Å²) in [5, 5.41) is 0. The van der Waals surface area contributed by atoms with Crippen molar-refractivity contribution in [2.75, 3.05) is 0 Å². The van der Waals surface area contributed by atoms with Crippen LogP contribution >= 0.6 is 27.5 Å². The topological polar surface area (TPSA) is 17.8 Å². The second-order valence-electron chi connectivity index (χ2n) is 6.02. The summed E-state index contributed by atoms with van der Waals surface area (Å²) in [7, 11) is 0. The van der Waals surface area contributed by atoms with E-state index in [9.17, 15) is 0 Å². The van der Waals surface area contributed by atoms with Crippen LogP contribution in [0.5, 0.6) is 0 Å². The number of rotatable bonds is 4. The maximum absolute atomic E-state index is 6.09. The number of halogens is 2. The van der Waals surface area contributed by atoms with Crippen LogP contribution in [0.2, 0.25) is 0 Å². The van der Waals surface area contributed by atoms with Crippen LogP contribution in [0.3, 0.4) is 0 Å². The first-order valence-electron chi connectivity index (χ1n) is 6.92. The lowest BCUT2D eigenvalue weighted by molar-refractivity contribution is 0.371. The molecule has 1 heterocycles. The molecule has 0 amide bonds. The third-order valence-corrected chi connectivity index (χ3v) is 5.45. The van der Waals surface area contributed by atoms with Gasteiger partial charge in [-0.15, -0.1) is 11.6 Å². The summed E-state index contributed by atoms with van der Waals surface area (Å²) in [6, 6.07) is 6.29. The molecule has 2 aliphatic rings. The second-order valence-corrected chi connectivity index (χ2v) is 7.20. The van der Waals surface area contributed by atoms with Gasteiger partial charge in [0.1, 0.15) is 5.82 Å². The fraction of sp³-hybridized carbons (Fsp3) is 0.533. The van der Waals surface area contributed by atoms with Crippen LogP contribution in [0.15, 0.2) is 22.7 Å². The van der Waals surface area contributed by atoms with Crippen LogP contribution in [0.4, 0.5) is 0 Å². The summed E-state index contributed by atoms with van der Waals surface area (Å²) in [5.74, 6) is 2.47. The molecular formula is C15H16BrClN2. The van der Waals surface area contributed by atoms with Crippen molar-refractivity contribution in [2.24, 2.45) is 11.3 Å². The molecule has 1 aromatic carbocycles. The molecule has 2 fully saturated rings. The third kappa shape index (κ3) is 2.02. The minimum absolute atomic E-state index is 0.493. The van der Waals surface area contributed by atoms with E-state index in [-0.39, 0.29) is 0 Å². The van der Waals surface area contributed by atoms with Crippen molar-refractivity contribution in [1.29, 1.82) is 0 Å². The van der Waals surface area contributed by atoms with Gasteiger partial charge in [0.25, 0.3) is 0 Å². The number of fused-ring (bicyclic) bond motifs is 1. The molecule has 19 heavy (non-hydrogen) atoms. The van der Waals surface area contributed by atoms with Crippen molar-refractivity contribution in [1.82, 2.24) is 9.55 Å². The van der Waals surface area contributed by atoms with Gasteiger partial charge in [-0.1, -0.05) is 15.9 Å². The number of imidazole rings is 1. The summed E-state index contributed by atoms with van der Waals surface area (Å²) in [6.07, 6.45) is 5.61. The highest BCUT2D eigenvalue weighted by molar-refractivity contribution is 9.10. The Hall–Kier alpha value is -0.540. The molecule has 2 aromatic rings. The average molecular weight is 340 g/mol. The predicted octanol–water partition coefficient (Wildman–Crippen LogP) is 4.73. The summed E-state index contributed by atoms with van der Waals surface area (Å²) in [6.45, 7) is 1.10. The van der Waals surface area contributed by atoms with Gasteiger partial charge in [0, 0.05) is 11.0 Å². The molecule has 0 radical (unpaired) electrons. The van der Waals surface area contributed by atoms with E-state index in [1.165, 1.54) is 31.2 Å². The van der Waals surface area contributed by atoms with Gasteiger partial charge in [0.15, 0.2) is 0 Å². The number of aromatic nitrogens is 2. The van der Waals surface area contributed by atoms with Gasteiger partial charge in [-0.3, -0.25) is 0 Å². The lowest BCUT2D eigenvalue weighted by Gasteiger charge is -2.17. The Kier molecular flexibility index (Phi) is 2.72. The minimum atomic E-state index is 0.493. The molecule has 1 aromatic heterocycles. The first kappa shape index (κ1) is 12.2. The van der Waals surface area contributed by atoms with Crippen LogP contribution in [0, 0.1) is 11.3 Å². The molecule has 0 atom stereocenters. The highest BCUT2D eigenvalue weighted by Gasteiger charge is 2.54. The molecule has 4 heteroatoms. The highest BCUT2D eigenvalue weighted by Crippen LogP contribution is 2.62. The second kappa shape index (κ2) is 4.23. The molecule has 0 unspecified atom stereocenters. The average Bonchev–Trinajstić information content (AvgIpc) is 3.28. The van der Waals surface area contributed by atoms with Gasteiger partial charge < -0.3 is 4.57 Å². The van der Waals surface area contributed by atoms with Crippen LogP contribution in [0.25, 0.3) is 11.0 Å². The van der Waals surface area contributed by atoms with E-state index in [0.717, 1.165) is 28.3 Å². The highest BCUT2D eigenvalue weighted by atomic mass is 79.9. The maximum atomic E-state index is 6.09. The van der Waals surface area contributed by atoms with E-state index >= 15 is 0 Å². The fourth-order valence-electron chi connectivity index (χ4n) is 3.29. The molecule has 2 saturated carbocycles. The lowest BCUT2D eigenvalue weighted by atomic mass is 10.0. The van der Waals surface area contributed by atoms with Crippen LogP contribution in [-0.4, -0.2) is 9.55 Å². The molecule has 0 aliphatic heterocycles. The Morgan fingerprint density at radius 3 is 2.79 bits per heavy atom. The molecule has 0 spiro atoms. The van der Waals surface area contributed by atoms with Crippen LogP contribution in [0.1, 0.15) is 31.5 Å². The van der Waals surface area contributed by atoms with Crippen molar-refractivity contribution < 1.29 is 0 Å². The lowest BCUT2D eigenvalue weighted by Crippen LogP contribution is -2.15. The molecule has 0 N–H and O–H groups in total. The Bertz CT molecular complexity index is 641. The zero-order chi connectivity index (χ0) is 13.0. The standard InChI is InChI=1S/C15H16BrClN2/c16-11-3-4-12-13(7-11)19(14(8-17)18-12)9-15(5-6-15)10-1-2-10/h3-4,7,10H,1-2,5-6,8-9H2.